The summed E-state index contributed by atoms with van der Waals surface area (Å²) in [5, 5.41) is 5.51. The molecular weight excluding hydrogens is 372 g/mol. The molecule has 1 fully saturated rings. The van der Waals surface area contributed by atoms with Crippen LogP contribution < -0.4 is 0 Å². The number of amides is 1. The van der Waals surface area contributed by atoms with Gasteiger partial charge in [-0.15, -0.1) is 0 Å². The van der Waals surface area contributed by atoms with Gasteiger partial charge in [-0.05, 0) is 79.9 Å². The molecule has 1 saturated heterocycles. The van der Waals surface area contributed by atoms with Crippen LogP contribution in [0.4, 0.5) is 0 Å². The molecule has 2 aromatic rings. The van der Waals surface area contributed by atoms with Crippen molar-refractivity contribution in [3.8, 4) is 0 Å². The molecule has 5 rings (SSSR count). The predicted molar refractivity (Wildman–Crippen MR) is 120 cm³/mol. The number of allylic oxidation sites excluding steroid dienone is 7. The third-order valence-electron chi connectivity index (χ3n) is 6.20. The fraction of sp³-hybridized carbons (Fsp3) is 0.280. The lowest BCUT2D eigenvalue weighted by Gasteiger charge is -2.32. The molecule has 1 aromatic carbocycles. The molecule has 1 amide bonds. The van der Waals surface area contributed by atoms with Crippen LogP contribution in [0.15, 0.2) is 78.3 Å². The van der Waals surface area contributed by atoms with E-state index in [4.69, 9.17) is 0 Å². The molecule has 0 N–H and O–H groups in total. The molecule has 1 aromatic heterocycles. The monoisotopic (exact) mass is 398 g/mol. The first kappa shape index (κ1) is 18.8. The number of nitrogens with zero attached hydrogens (tertiary/aromatic N) is 4. The Balaban J connectivity index is 1.46. The van der Waals surface area contributed by atoms with Crippen LogP contribution in [0.2, 0.25) is 0 Å². The first-order valence-corrected chi connectivity index (χ1v) is 10.5. The van der Waals surface area contributed by atoms with Crippen molar-refractivity contribution in [2.45, 2.75) is 12.8 Å². The van der Waals surface area contributed by atoms with E-state index in [1.165, 1.54) is 5.57 Å². The Morgan fingerprint density at radius 1 is 1.07 bits per heavy atom. The lowest BCUT2D eigenvalue weighted by molar-refractivity contribution is -0.122. The zero-order valence-corrected chi connectivity index (χ0v) is 17.5. The van der Waals surface area contributed by atoms with Gasteiger partial charge in [-0.25, -0.2) is 0 Å². The van der Waals surface area contributed by atoms with Crippen molar-refractivity contribution >= 4 is 22.4 Å². The minimum atomic E-state index is -0.0124. The van der Waals surface area contributed by atoms with Crippen LogP contribution in [0.25, 0.3) is 16.5 Å². The smallest absolute Gasteiger partial charge is 0.255 e. The third-order valence-corrected chi connectivity index (χ3v) is 6.20. The largest absolute Gasteiger partial charge is 0.306 e. The number of hydrogen-bond acceptors (Lipinski definition) is 3. The molecule has 5 nitrogen and oxygen atoms in total. The summed E-state index contributed by atoms with van der Waals surface area (Å²) >= 11 is 0. The van der Waals surface area contributed by atoms with E-state index < -0.39 is 0 Å². The zero-order valence-electron chi connectivity index (χ0n) is 17.5. The number of aryl methyl sites for hydroxylation is 1. The molecule has 0 aliphatic carbocycles. The summed E-state index contributed by atoms with van der Waals surface area (Å²) < 4.78 is 1.81. The predicted octanol–water partition coefficient (Wildman–Crippen LogP) is 4.03. The fourth-order valence-electron chi connectivity index (χ4n) is 4.45. The molecule has 0 radical (unpaired) electrons. The summed E-state index contributed by atoms with van der Waals surface area (Å²) in [6.45, 7) is 2.21. The average molecular weight is 399 g/mol. The average Bonchev–Trinajstić information content (AvgIpc) is 3.11. The summed E-state index contributed by atoms with van der Waals surface area (Å²) in [4.78, 5) is 17.4. The lowest BCUT2D eigenvalue weighted by atomic mass is 9.88. The van der Waals surface area contributed by atoms with E-state index in [0.717, 1.165) is 53.7 Å². The van der Waals surface area contributed by atoms with Gasteiger partial charge in [0.05, 0.1) is 5.52 Å². The quantitative estimate of drug-likeness (QED) is 0.767. The van der Waals surface area contributed by atoms with Crippen molar-refractivity contribution < 1.29 is 4.79 Å². The number of carbonyl (C=O) groups excluding carboxylic acids is 1. The number of rotatable bonds is 2. The van der Waals surface area contributed by atoms with E-state index >= 15 is 0 Å². The first-order chi connectivity index (χ1) is 14.6. The molecular formula is C25H26N4O. The first-order valence-electron chi connectivity index (χ1n) is 10.5. The zero-order chi connectivity index (χ0) is 20.7. The fourth-order valence-corrected chi connectivity index (χ4v) is 4.45. The number of hydrogen-bond donors (Lipinski definition) is 0. The van der Waals surface area contributed by atoms with Crippen molar-refractivity contribution in [1.29, 1.82) is 0 Å². The highest BCUT2D eigenvalue weighted by atomic mass is 16.2. The summed E-state index contributed by atoms with van der Waals surface area (Å²) in [5.74, 6) is 0.505. The minimum Gasteiger partial charge on any atom is -0.306 e. The van der Waals surface area contributed by atoms with Gasteiger partial charge in [0, 0.05) is 36.6 Å². The van der Waals surface area contributed by atoms with Crippen LogP contribution in [0.3, 0.4) is 0 Å². The Labute approximate surface area is 177 Å². The van der Waals surface area contributed by atoms with Gasteiger partial charge in [0.2, 0.25) is 0 Å². The van der Waals surface area contributed by atoms with Gasteiger partial charge in [-0.3, -0.25) is 14.4 Å². The summed E-state index contributed by atoms with van der Waals surface area (Å²) in [7, 11) is 4.09. The Morgan fingerprint density at radius 3 is 2.73 bits per heavy atom. The Morgan fingerprint density at radius 2 is 1.90 bits per heavy atom. The van der Waals surface area contributed by atoms with Crippen LogP contribution in [-0.2, 0) is 11.8 Å². The second-order valence-corrected chi connectivity index (χ2v) is 8.37. The number of aromatic nitrogens is 2. The Hall–Kier alpha value is -3.18. The Kier molecular flexibility index (Phi) is 4.75. The van der Waals surface area contributed by atoms with Crippen molar-refractivity contribution in [3.05, 3.63) is 83.9 Å². The Bertz CT molecular complexity index is 1150. The second kappa shape index (κ2) is 7.58. The van der Waals surface area contributed by atoms with E-state index in [1.54, 1.807) is 11.0 Å². The van der Waals surface area contributed by atoms with Crippen LogP contribution in [0, 0.1) is 5.92 Å². The standard InChI is InChI=1S/C25H26N4O/c1-27-12-10-18(11-13-27)21-6-8-23-5-3-4-19(15-25(30)29(23)17-21)20-7-9-24-22(14-20)16-28(2)26-24/h3-9,14-18H,10-13H2,1-2H3/b4-3+,19-15+,23-5?. The van der Waals surface area contributed by atoms with Gasteiger partial charge >= 0.3 is 0 Å². The molecule has 0 spiro atoms. The van der Waals surface area contributed by atoms with Gasteiger partial charge in [-0.1, -0.05) is 24.3 Å². The maximum Gasteiger partial charge on any atom is 0.255 e. The van der Waals surface area contributed by atoms with Gasteiger partial charge in [0.15, 0.2) is 0 Å². The van der Waals surface area contributed by atoms with Crippen LogP contribution in [0.5, 0.6) is 0 Å². The van der Waals surface area contributed by atoms with Crippen LogP contribution in [0.1, 0.15) is 18.4 Å². The van der Waals surface area contributed by atoms with E-state index in [2.05, 4.69) is 35.3 Å². The van der Waals surface area contributed by atoms with Gasteiger partial charge in [0.25, 0.3) is 5.91 Å². The van der Waals surface area contributed by atoms with Crippen molar-refractivity contribution in [2.75, 3.05) is 20.1 Å². The highest BCUT2D eigenvalue weighted by Gasteiger charge is 2.24. The summed E-state index contributed by atoms with van der Waals surface area (Å²) in [6.07, 6.45) is 18.3. The molecule has 0 unspecified atom stereocenters. The number of likely N-dealkylation sites (tertiary alicyclic amines) is 1. The lowest BCUT2D eigenvalue weighted by Crippen LogP contribution is -2.32. The summed E-state index contributed by atoms with van der Waals surface area (Å²) in [6, 6.07) is 6.13. The van der Waals surface area contributed by atoms with Crippen LogP contribution >= 0.6 is 0 Å². The molecule has 0 bridgehead atoms. The molecule has 3 aliphatic heterocycles. The van der Waals surface area contributed by atoms with Gasteiger partial charge in [-0.2, -0.15) is 5.10 Å². The molecule has 152 valence electrons. The van der Waals surface area contributed by atoms with Crippen molar-refractivity contribution in [2.24, 2.45) is 13.0 Å². The molecule has 30 heavy (non-hydrogen) atoms. The molecule has 0 atom stereocenters. The van der Waals surface area contributed by atoms with Gasteiger partial charge < -0.3 is 4.90 Å². The van der Waals surface area contributed by atoms with Crippen molar-refractivity contribution in [1.82, 2.24) is 19.6 Å². The highest BCUT2D eigenvalue weighted by molar-refractivity contribution is 6.00. The molecule has 3 aliphatic rings. The SMILES string of the molecule is CN1CCC(C2=CN3C(=O)/C=C(c4ccc5nn(C)cc5c4)\C=C\C=C3C=C2)CC1. The molecule has 4 heterocycles. The topological polar surface area (TPSA) is 41.4 Å². The number of piperidine rings is 1. The third kappa shape index (κ3) is 3.57. The number of fused-ring (bicyclic) bond motifs is 2. The molecule has 5 heteroatoms. The van der Waals surface area contributed by atoms with Gasteiger partial charge in [0.1, 0.15) is 0 Å². The van der Waals surface area contributed by atoms with Crippen LogP contribution in [-0.4, -0.2) is 45.6 Å². The second-order valence-electron chi connectivity index (χ2n) is 8.37. The maximum absolute atomic E-state index is 13.2. The normalized spacial score (nSPS) is 23.3. The highest BCUT2D eigenvalue weighted by Crippen LogP contribution is 2.31. The van der Waals surface area contributed by atoms with E-state index in [1.807, 2.05) is 54.5 Å². The maximum atomic E-state index is 13.2. The van der Waals surface area contributed by atoms with E-state index in [9.17, 15) is 4.79 Å². The van der Waals surface area contributed by atoms with Crippen molar-refractivity contribution in [3.63, 3.8) is 0 Å². The number of carbonyl (C=O) groups is 1. The summed E-state index contributed by atoms with van der Waals surface area (Å²) in [5.41, 5.74) is 5.04. The number of benzene rings is 1. The minimum absolute atomic E-state index is 0.0124. The van der Waals surface area contributed by atoms with E-state index in [-0.39, 0.29) is 5.91 Å². The van der Waals surface area contributed by atoms with E-state index in [0.29, 0.717) is 5.92 Å². The molecule has 0 saturated carbocycles.